The molecule has 0 spiro atoms. The van der Waals surface area contributed by atoms with Gasteiger partial charge in [0.25, 0.3) is 0 Å². The topological polar surface area (TPSA) is 61.7 Å². The lowest BCUT2D eigenvalue weighted by molar-refractivity contribution is -0.0788. The first-order valence-electron chi connectivity index (χ1n) is 3.44. The van der Waals surface area contributed by atoms with Crippen LogP contribution in [0.3, 0.4) is 0 Å². The average Bonchev–Trinajstić information content (AvgIpc) is 2.05. The minimum absolute atomic E-state index is 0. The van der Waals surface area contributed by atoms with E-state index in [9.17, 15) is 0 Å². The molecule has 0 saturated carbocycles. The Morgan fingerprint density at radius 2 is 1.64 bits per heavy atom. The number of nitrogens with one attached hydrogen (secondary N) is 1. The van der Waals surface area contributed by atoms with E-state index in [1.807, 2.05) is 0 Å². The molecule has 1 aliphatic heterocycles. The Kier molecular flexibility index (Phi) is 5.81. The highest BCUT2D eigenvalue weighted by atomic mass is 35.5. The third kappa shape index (κ3) is 3.35. The van der Waals surface area contributed by atoms with Crippen LogP contribution in [0.4, 0.5) is 0 Å². The van der Waals surface area contributed by atoms with Gasteiger partial charge in [-0.1, -0.05) is 0 Å². The molecule has 0 bridgehead atoms. The van der Waals surface area contributed by atoms with Crippen LogP contribution in [0.5, 0.6) is 0 Å². The van der Waals surface area contributed by atoms with Crippen LogP contribution < -0.4 is 5.32 Å². The molecule has 1 heterocycles. The van der Waals surface area contributed by atoms with Crippen molar-refractivity contribution in [2.75, 3.05) is 26.3 Å². The number of halogens is 1. The molecule has 5 heteroatoms. The summed E-state index contributed by atoms with van der Waals surface area (Å²) in [7, 11) is 0. The Morgan fingerprint density at radius 1 is 1.18 bits per heavy atom. The summed E-state index contributed by atoms with van der Waals surface area (Å²) < 4.78 is 5.22. The van der Waals surface area contributed by atoms with Crippen molar-refractivity contribution in [2.45, 2.75) is 12.2 Å². The lowest BCUT2D eigenvalue weighted by Gasteiger charge is -2.28. The van der Waals surface area contributed by atoms with Crippen LogP contribution in [-0.4, -0.2) is 48.7 Å². The lowest BCUT2D eigenvalue weighted by Crippen LogP contribution is -2.47. The van der Waals surface area contributed by atoms with Crippen LogP contribution >= 0.6 is 12.4 Å². The second-order valence-corrected chi connectivity index (χ2v) is 2.40. The molecule has 0 amide bonds. The molecule has 1 aliphatic rings. The number of aliphatic hydroxyl groups is 2. The number of hydrogen-bond donors (Lipinski definition) is 3. The summed E-state index contributed by atoms with van der Waals surface area (Å²) in [5.41, 5.74) is 0. The monoisotopic (exact) mass is 183 g/mol. The maximum atomic E-state index is 8.66. The second kappa shape index (κ2) is 5.74. The van der Waals surface area contributed by atoms with Crippen LogP contribution in [0.2, 0.25) is 0 Å². The molecular formula is C6H14ClNO3. The van der Waals surface area contributed by atoms with E-state index in [1.165, 1.54) is 0 Å². The fourth-order valence-corrected chi connectivity index (χ4v) is 0.989. The molecule has 0 radical (unpaired) electrons. The quantitative estimate of drug-likeness (QED) is 0.501. The first-order valence-corrected chi connectivity index (χ1v) is 3.44. The summed E-state index contributed by atoms with van der Waals surface area (Å²) >= 11 is 0. The molecule has 3 N–H and O–H groups in total. The zero-order valence-corrected chi connectivity index (χ0v) is 7.01. The van der Waals surface area contributed by atoms with Crippen LogP contribution in [0.1, 0.15) is 0 Å². The predicted octanol–water partition coefficient (Wildman–Crippen LogP) is -1.25. The Balaban J connectivity index is 0.000001000. The van der Waals surface area contributed by atoms with Crippen molar-refractivity contribution < 1.29 is 14.9 Å². The van der Waals surface area contributed by atoms with Crippen molar-refractivity contribution in [1.82, 2.24) is 5.32 Å². The van der Waals surface area contributed by atoms with Gasteiger partial charge in [-0.3, -0.25) is 0 Å². The van der Waals surface area contributed by atoms with Crippen LogP contribution in [0.25, 0.3) is 0 Å². The molecule has 1 fully saturated rings. The maximum Gasteiger partial charge on any atom is 0.0935 e. The Bertz CT molecular complexity index is 93.8. The molecule has 0 aromatic heterocycles. The molecule has 4 nitrogen and oxygen atoms in total. The van der Waals surface area contributed by atoms with Crippen molar-refractivity contribution in [3.8, 4) is 0 Å². The van der Waals surface area contributed by atoms with E-state index in [4.69, 9.17) is 14.9 Å². The summed E-state index contributed by atoms with van der Waals surface area (Å²) in [6.45, 7) is 1.38. The van der Waals surface area contributed by atoms with Crippen molar-refractivity contribution in [3.63, 3.8) is 0 Å². The molecule has 0 aromatic rings. The normalized spacial score (nSPS) is 31.1. The first-order chi connectivity index (χ1) is 4.86. The Morgan fingerprint density at radius 3 is 2.00 bits per heavy atom. The van der Waals surface area contributed by atoms with Crippen molar-refractivity contribution in [1.29, 1.82) is 0 Å². The Hall–Kier alpha value is 0.130. The fraction of sp³-hybridized carbons (Fsp3) is 1.00. The van der Waals surface area contributed by atoms with Gasteiger partial charge in [-0.15, -0.1) is 12.4 Å². The largest absolute Gasteiger partial charge is 0.394 e. The standard InChI is InChI=1S/C6H13NO3.ClH/c8-3-5-1-7-2-6(4-9)10-5;/h5-9H,1-4H2;1H/t5-,6-;/m0./s1. The van der Waals surface area contributed by atoms with E-state index in [2.05, 4.69) is 5.32 Å². The molecule has 0 aromatic carbocycles. The predicted molar refractivity (Wildman–Crippen MR) is 43.0 cm³/mol. The highest BCUT2D eigenvalue weighted by Gasteiger charge is 2.19. The summed E-state index contributed by atoms with van der Waals surface area (Å²) in [6, 6.07) is 0. The van der Waals surface area contributed by atoms with Gasteiger partial charge in [-0.25, -0.2) is 0 Å². The molecule has 2 atom stereocenters. The molecule has 11 heavy (non-hydrogen) atoms. The number of hydrogen-bond acceptors (Lipinski definition) is 4. The lowest BCUT2D eigenvalue weighted by atomic mass is 10.2. The molecule has 68 valence electrons. The van der Waals surface area contributed by atoms with Gasteiger partial charge in [0.05, 0.1) is 25.4 Å². The van der Waals surface area contributed by atoms with Gasteiger partial charge in [0.1, 0.15) is 0 Å². The molecule has 1 saturated heterocycles. The van der Waals surface area contributed by atoms with Crippen LogP contribution in [0.15, 0.2) is 0 Å². The van der Waals surface area contributed by atoms with Gasteiger partial charge in [0.2, 0.25) is 0 Å². The van der Waals surface area contributed by atoms with E-state index in [0.29, 0.717) is 13.1 Å². The SMILES string of the molecule is Cl.OC[C@@H]1CNC[C@@H](CO)O1. The fourth-order valence-electron chi connectivity index (χ4n) is 0.989. The van der Waals surface area contributed by atoms with Crippen molar-refractivity contribution in [3.05, 3.63) is 0 Å². The number of aliphatic hydroxyl groups excluding tert-OH is 2. The Labute approximate surface area is 72.0 Å². The number of ether oxygens (including phenoxy) is 1. The van der Waals surface area contributed by atoms with Crippen molar-refractivity contribution in [2.24, 2.45) is 0 Å². The zero-order chi connectivity index (χ0) is 7.40. The third-order valence-corrected chi connectivity index (χ3v) is 1.54. The van der Waals surface area contributed by atoms with E-state index in [0.717, 1.165) is 0 Å². The van der Waals surface area contributed by atoms with E-state index in [-0.39, 0.29) is 37.8 Å². The summed E-state index contributed by atoms with van der Waals surface area (Å²) in [6.07, 6.45) is -0.295. The van der Waals surface area contributed by atoms with Gasteiger partial charge < -0.3 is 20.3 Å². The maximum absolute atomic E-state index is 8.66. The van der Waals surface area contributed by atoms with Crippen molar-refractivity contribution >= 4 is 12.4 Å². The van der Waals surface area contributed by atoms with E-state index >= 15 is 0 Å². The summed E-state index contributed by atoms with van der Waals surface area (Å²) in [4.78, 5) is 0. The smallest absolute Gasteiger partial charge is 0.0935 e. The molecular weight excluding hydrogens is 170 g/mol. The number of rotatable bonds is 2. The van der Waals surface area contributed by atoms with E-state index in [1.54, 1.807) is 0 Å². The molecule has 1 rings (SSSR count). The van der Waals surface area contributed by atoms with Gasteiger partial charge in [0, 0.05) is 13.1 Å². The third-order valence-electron chi connectivity index (χ3n) is 1.54. The van der Waals surface area contributed by atoms with Crippen LogP contribution in [-0.2, 0) is 4.74 Å². The highest BCUT2D eigenvalue weighted by Crippen LogP contribution is 2.01. The molecule has 0 aliphatic carbocycles. The second-order valence-electron chi connectivity index (χ2n) is 2.40. The first kappa shape index (κ1) is 11.1. The molecule has 0 unspecified atom stereocenters. The zero-order valence-electron chi connectivity index (χ0n) is 6.19. The average molecular weight is 184 g/mol. The van der Waals surface area contributed by atoms with Gasteiger partial charge in [-0.05, 0) is 0 Å². The summed E-state index contributed by atoms with van der Waals surface area (Å²) in [5, 5.41) is 20.4. The summed E-state index contributed by atoms with van der Waals surface area (Å²) in [5.74, 6) is 0. The van der Waals surface area contributed by atoms with Gasteiger partial charge in [0.15, 0.2) is 0 Å². The number of morpholine rings is 1. The van der Waals surface area contributed by atoms with Gasteiger partial charge >= 0.3 is 0 Å². The highest BCUT2D eigenvalue weighted by molar-refractivity contribution is 5.85. The van der Waals surface area contributed by atoms with E-state index < -0.39 is 0 Å². The minimum atomic E-state index is -0.147. The minimum Gasteiger partial charge on any atom is -0.394 e. The van der Waals surface area contributed by atoms with Gasteiger partial charge in [-0.2, -0.15) is 0 Å². The van der Waals surface area contributed by atoms with Crippen LogP contribution in [0, 0.1) is 0 Å².